The molecule has 0 spiro atoms. The van der Waals surface area contributed by atoms with E-state index in [0.717, 1.165) is 22.3 Å². The lowest BCUT2D eigenvalue weighted by molar-refractivity contribution is 0.102. The van der Waals surface area contributed by atoms with E-state index < -0.39 is 0 Å². The van der Waals surface area contributed by atoms with Crippen LogP contribution in [0.5, 0.6) is 0 Å². The van der Waals surface area contributed by atoms with Crippen LogP contribution in [0.1, 0.15) is 10.5 Å². The maximum atomic E-state index is 11.6. The SMILES string of the molecule is CSc1ccc(NC(=O)c2cnsn2)cc1. The van der Waals surface area contributed by atoms with Crippen LogP contribution in [0, 0.1) is 0 Å². The number of nitrogens with zero attached hydrogens (tertiary/aromatic N) is 2. The first-order valence-corrected chi connectivity index (χ1v) is 6.48. The smallest absolute Gasteiger partial charge is 0.277 e. The summed E-state index contributed by atoms with van der Waals surface area (Å²) in [6.07, 6.45) is 3.46. The summed E-state index contributed by atoms with van der Waals surface area (Å²) >= 11 is 2.68. The van der Waals surface area contributed by atoms with Crippen molar-refractivity contribution >= 4 is 35.1 Å². The summed E-state index contributed by atoms with van der Waals surface area (Å²) < 4.78 is 7.64. The molecule has 16 heavy (non-hydrogen) atoms. The largest absolute Gasteiger partial charge is 0.321 e. The van der Waals surface area contributed by atoms with Crippen LogP contribution in [0.3, 0.4) is 0 Å². The Bertz CT molecular complexity index is 467. The highest BCUT2D eigenvalue weighted by atomic mass is 32.2. The molecule has 1 N–H and O–H groups in total. The Hall–Kier alpha value is -1.40. The van der Waals surface area contributed by atoms with Gasteiger partial charge in [0.2, 0.25) is 0 Å². The molecule has 1 aromatic carbocycles. The van der Waals surface area contributed by atoms with Crippen molar-refractivity contribution in [2.45, 2.75) is 4.90 Å². The Morgan fingerprint density at radius 2 is 2.12 bits per heavy atom. The molecule has 1 aromatic heterocycles. The predicted molar refractivity (Wildman–Crippen MR) is 66.1 cm³/mol. The van der Waals surface area contributed by atoms with Crippen molar-refractivity contribution in [1.29, 1.82) is 0 Å². The van der Waals surface area contributed by atoms with Gasteiger partial charge in [-0.15, -0.1) is 11.8 Å². The zero-order valence-corrected chi connectivity index (χ0v) is 10.1. The third kappa shape index (κ3) is 2.59. The molecule has 0 aliphatic heterocycles. The molecule has 6 heteroatoms. The molecule has 0 bridgehead atoms. The van der Waals surface area contributed by atoms with Gasteiger partial charge in [0.1, 0.15) is 0 Å². The lowest BCUT2D eigenvalue weighted by atomic mass is 10.3. The van der Waals surface area contributed by atoms with Gasteiger partial charge in [-0.1, -0.05) is 0 Å². The number of carbonyl (C=O) groups excluding carboxylic acids is 1. The van der Waals surface area contributed by atoms with Crippen molar-refractivity contribution in [3.05, 3.63) is 36.2 Å². The summed E-state index contributed by atoms with van der Waals surface area (Å²) in [5, 5.41) is 2.75. The highest BCUT2D eigenvalue weighted by Crippen LogP contribution is 2.17. The molecular weight excluding hydrogens is 242 g/mol. The van der Waals surface area contributed by atoms with Gasteiger partial charge in [0, 0.05) is 10.6 Å². The topological polar surface area (TPSA) is 54.9 Å². The van der Waals surface area contributed by atoms with Crippen molar-refractivity contribution in [2.24, 2.45) is 0 Å². The number of carbonyl (C=O) groups is 1. The molecule has 4 nitrogen and oxygen atoms in total. The van der Waals surface area contributed by atoms with Crippen LogP contribution in [-0.4, -0.2) is 20.9 Å². The Balaban J connectivity index is 2.06. The zero-order chi connectivity index (χ0) is 11.4. The number of amides is 1. The van der Waals surface area contributed by atoms with E-state index in [0.29, 0.717) is 5.69 Å². The maximum Gasteiger partial charge on any atom is 0.277 e. The monoisotopic (exact) mass is 251 g/mol. The quantitative estimate of drug-likeness (QED) is 0.852. The summed E-state index contributed by atoms with van der Waals surface area (Å²) in [6, 6.07) is 7.65. The lowest BCUT2D eigenvalue weighted by Crippen LogP contribution is -2.11. The van der Waals surface area contributed by atoms with E-state index in [9.17, 15) is 4.79 Å². The van der Waals surface area contributed by atoms with Crippen LogP contribution in [0.25, 0.3) is 0 Å². The first-order chi connectivity index (χ1) is 7.79. The van der Waals surface area contributed by atoms with Gasteiger partial charge < -0.3 is 5.32 Å². The van der Waals surface area contributed by atoms with Crippen molar-refractivity contribution in [2.75, 3.05) is 11.6 Å². The summed E-state index contributed by atoms with van der Waals surface area (Å²) in [7, 11) is 0. The summed E-state index contributed by atoms with van der Waals surface area (Å²) in [6.45, 7) is 0. The Kier molecular flexibility index (Phi) is 3.53. The molecule has 0 fully saturated rings. The van der Waals surface area contributed by atoms with Crippen LogP contribution in [0.15, 0.2) is 35.4 Å². The molecule has 1 heterocycles. The molecule has 0 aliphatic rings. The summed E-state index contributed by atoms with van der Waals surface area (Å²) in [5.41, 5.74) is 1.11. The number of hydrogen-bond acceptors (Lipinski definition) is 5. The van der Waals surface area contributed by atoms with Gasteiger partial charge in [0.15, 0.2) is 5.69 Å². The Labute approximate surface area is 101 Å². The lowest BCUT2D eigenvalue weighted by Gasteiger charge is -2.03. The van der Waals surface area contributed by atoms with Gasteiger partial charge in [-0.05, 0) is 30.5 Å². The van der Waals surface area contributed by atoms with Crippen LogP contribution in [0.2, 0.25) is 0 Å². The zero-order valence-electron chi connectivity index (χ0n) is 8.51. The second kappa shape index (κ2) is 5.09. The maximum absolute atomic E-state index is 11.6. The van der Waals surface area contributed by atoms with Gasteiger partial charge >= 0.3 is 0 Å². The number of thioether (sulfide) groups is 1. The fraction of sp³-hybridized carbons (Fsp3) is 0.100. The first kappa shape index (κ1) is 11.1. The molecule has 0 atom stereocenters. The van der Waals surface area contributed by atoms with E-state index in [1.54, 1.807) is 11.8 Å². The molecule has 82 valence electrons. The highest BCUT2D eigenvalue weighted by molar-refractivity contribution is 7.98. The molecule has 0 saturated heterocycles. The number of anilines is 1. The number of nitrogens with one attached hydrogen (secondary N) is 1. The third-order valence-electron chi connectivity index (χ3n) is 1.94. The van der Waals surface area contributed by atoms with Gasteiger partial charge in [-0.3, -0.25) is 4.79 Å². The fourth-order valence-electron chi connectivity index (χ4n) is 1.13. The average molecular weight is 251 g/mol. The van der Waals surface area contributed by atoms with Crippen molar-refractivity contribution in [3.63, 3.8) is 0 Å². The van der Waals surface area contributed by atoms with Crippen LogP contribution < -0.4 is 5.32 Å². The van der Waals surface area contributed by atoms with E-state index in [4.69, 9.17) is 0 Å². The number of benzene rings is 1. The molecule has 2 rings (SSSR count). The Morgan fingerprint density at radius 1 is 1.38 bits per heavy atom. The number of aromatic nitrogens is 2. The Morgan fingerprint density at radius 3 is 2.69 bits per heavy atom. The molecule has 1 amide bonds. The molecular formula is C10H9N3OS2. The summed E-state index contributed by atoms with van der Waals surface area (Å²) in [5.74, 6) is -0.231. The van der Waals surface area contributed by atoms with Crippen molar-refractivity contribution in [1.82, 2.24) is 8.75 Å². The van der Waals surface area contributed by atoms with Gasteiger partial charge in [0.25, 0.3) is 5.91 Å². The second-order valence-electron chi connectivity index (χ2n) is 2.98. The van der Waals surface area contributed by atoms with E-state index in [2.05, 4.69) is 14.1 Å². The number of rotatable bonds is 3. The van der Waals surface area contributed by atoms with Crippen LogP contribution in [0.4, 0.5) is 5.69 Å². The molecule has 2 aromatic rings. The van der Waals surface area contributed by atoms with Gasteiger partial charge in [-0.25, -0.2) is 0 Å². The molecule has 0 aliphatic carbocycles. The van der Waals surface area contributed by atoms with Gasteiger partial charge in [-0.2, -0.15) is 8.75 Å². The average Bonchev–Trinajstić information content (AvgIpc) is 2.83. The van der Waals surface area contributed by atoms with E-state index in [1.165, 1.54) is 6.20 Å². The normalized spacial score (nSPS) is 10.1. The molecule has 0 unspecified atom stereocenters. The minimum absolute atomic E-state index is 0.231. The number of hydrogen-bond donors (Lipinski definition) is 1. The van der Waals surface area contributed by atoms with E-state index >= 15 is 0 Å². The minimum Gasteiger partial charge on any atom is -0.321 e. The van der Waals surface area contributed by atoms with Crippen molar-refractivity contribution < 1.29 is 4.79 Å². The summed E-state index contributed by atoms with van der Waals surface area (Å²) in [4.78, 5) is 12.8. The highest BCUT2D eigenvalue weighted by Gasteiger charge is 2.08. The molecule has 0 saturated carbocycles. The fourth-order valence-corrected chi connectivity index (χ4v) is 1.95. The van der Waals surface area contributed by atoms with Crippen LogP contribution in [-0.2, 0) is 0 Å². The van der Waals surface area contributed by atoms with Gasteiger partial charge in [0.05, 0.1) is 17.9 Å². The third-order valence-corrected chi connectivity index (χ3v) is 3.16. The van der Waals surface area contributed by atoms with E-state index in [1.807, 2.05) is 30.5 Å². The second-order valence-corrected chi connectivity index (χ2v) is 4.41. The minimum atomic E-state index is -0.231. The van der Waals surface area contributed by atoms with Crippen LogP contribution >= 0.6 is 23.5 Å². The standard InChI is InChI=1S/C10H9N3OS2/c1-15-8-4-2-7(3-5-8)12-10(14)9-6-11-16-13-9/h2-6H,1H3,(H,12,14). The van der Waals surface area contributed by atoms with Crippen molar-refractivity contribution in [3.8, 4) is 0 Å². The molecule has 0 radical (unpaired) electrons. The first-order valence-electron chi connectivity index (χ1n) is 4.52. The van der Waals surface area contributed by atoms with E-state index in [-0.39, 0.29) is 5.91 Å². The predicted octanol–water partition coefficient (Wildman–Crippen LogP) is 2.51.